The highest BCUT2D eigenvalue weighted by Crippen LogP contribution is 2.29. The first-order chi connectivity index (χ1) is 10.5. The standard InChI is InChI=1S/C16H14Cl2N2O2/c1-2-10-3-5-11(6-4-10)16(22)20-19-9-12-7-13(17)8-14(18)15(12)21/h3-9,21H,2H2,1H3,(H,20,22). The Hall–Kier alpha value is -2.04. The van der Waals surface area contributed by atoms with E-state index >= 15 is 0 Å². The predicted octanol–water partition coefficient (Wildman–Crippen LogP) is 4.03. The van der Waals surface area contributed by atoms with E-state index in [1.54, 1.807) is 12.1 Å². The average Bonchev–Trinajstić information content (AvgIpc) is 2.51. The maximum absolute atomic E-state index is 11.9. The van der Waals surface area contributed by atoms with Crippen molar-refractivity contribution in [3.8, 4) is 5.75 Å². The monoisotopic (exact) mass is 336 g/mol. The molecule has 22 heavy (non-hydrogen) atoms. The average molecular weight is 337 g/mol. The van der Waals surface area contributed by atoms with Gasteiger partial charge in [-0.1, -0.05) is 42.3 Å². The van der Waals surface area contributed by atoms with E-state index in [-0.39, 0.29) is 16.7 Å². The van der Waals surface area contributed by atoms with Gasteiger partial charge in [0.05, 0.1) is 11.2 Å². The van der Waals surface area contributed by atoms with Crippen LogP contribution in [0.3, 0.4) is 0 Å². The van der Waals surface area contributed by atoms with E-state index in [0.29, 0.717) is 16.1 Å². The summed E-state index contributed by atoms with van der Waals surface area (Å²) >= 11 is 11.6. The predicted molar refractivity (Wildman–Crippen MR) is 89.0 cm³/mol. The minimum Gasteiger partial charge on any atom is -0.506 e. The number of aromatic hydroxyl groups is 1. The minimum atomic E-state index is -0.341. The summed E-state index contributed by atoms with van der Waals surface area (Å²) in [7, 11) is 0. The maximum atomic E-state index is 11.9. The smallest absolute Gasteiger partial charge is 0.271 e. The van der Waals surface area contributed by atoms with Crippen LogP contribution in [0.4, 0.5) is 0 Å². The molecule has 0 unspecified atom stereocenters. The topological polar surface area (TPSA) is 61.7 Å². The normalized spacial score (nSPS) is 10.9. The van der Waals surface area contributed by atoms with Gasteiger partial charge in [-0.05, 0) is 36.2 Å². The number of aryl methyl sites for hydroxylation is 1. The number of carbonyl (C=O) groups is 1. The maximum Gasteiger partial charge on any atom is 0.271 e. The molecule has 2 N–H and O–H groups in total. The molecule has 0 aliphatic rings. The van der Waals surface area contributed by atoms with Gasteiger partial charge < -0.3 is 5.11 Å². The zero-order chi connectivity index (χ0) is 16.1. The van der Waals surface area contributed by atoms with Gasteiger partial charge in [-0.2, -0.15) is 5.10 Å². The molecule has 0 saturated heterocycles. The summed E-state index contributed by atoms with van der Waals surface area (Å²) in [5.74, 6) is -0.483. The second kappa shape index (κ2) is 7.29. The van der Waals surface area contributed by atoms with Gasteiger partial charge in [0.2, 0.25) is 0 Å². The van der Waals surface area contributed by atoms with Crippen LogP contribution in [0.1, 0.15) is 28.4 Å². The molecule has 2 rings (SSSR count). The van der Waals surface area contributed by atoms with Crippen LogP contribution in [0.15, 0.2) is 41.5 Å². The number of benzene rings is 2. The fourth-order valence-corrected chi connectivity index (χ4v) is 2.31. The minimum absolute atomic E-state index is 0.121. The van der Waals surface area contributed by atoms with Crippen molar-refractivity contribution in [3.05, 3.63) is 63.1 Å². The summed E-state index contributed by atoms with van der Waals surface area (Å²) in [5, 5.41) is 14.1. The number of phenols is 1. The van der Waals surface area contributed by atoms with E-state index in [9.17, 15) is 9.90 Å². The van der Waals surface area contributed by atoms with E-state index < -0.39 is 0 Å². The Morgan fingerprint density at radius 1 is 1.27 bits per heavy atom. The van der Waals surface area contributed by atoms with Crippen molar-refractivity contribution in [2.75, 3.05) is 0 Å². The molecular weight excluding hydrogens is 323 g/mol. The summed E-state index contributed by atoms with van der Waals surface area (Å²) in [6, 6.07) is 10.2. The summed E-state index contributed by atoms with van der Waals surface area (Å²) in [6.07, 6.45) is 2.19. The van der Waals surface area contributed by atoms with Gasteiger partial charge in [0.15, 0.2) is 0 Å². The van der Waals surface area contributed by atoms with Gasteiger partial charge in [0, 0.05) is 16.1 Å². The first kappa shape index (κ1) is 16.3. The Balaban J connectivity index is 2.07. The third-order valence-corrected chi connectivity index (χ3v) is 3.56. The quantitative estimate of drug-likeness (QED) is 0.654. The van der Waals surface area contributed by atoms with Crippen LogP contribution in [-0.2, 0) is 6.42 Å². The lowest BCUT2D eigenvalue weighted by molar-refractivity contribution is 0.0955. The molecule has 2 aromatic rings. The Bertz CT molecular complexity index is 713. The Labute approximate surface area is 138 Å². The molecule has 2 aromatic carbocycles. The second-order valence-corrected chi connectivity index (χ2v) is 5.42. The number of halogens is 2. The van der Waals surface area contributed by atoms with E-state index in [4.69, 9.17) is 23.2 Å². The number of nitrogens with one attached hydrogen (secondary N) is 1. The van der Waals surface area contributed by atoms with Gasteiger partial charge in [0.1, 0.15) is 5.75 Å². The van der Waals surface area contributed by atoms with Crippen LogP contribution in [0.2, 0.25) is 10.0 Å². The number of rotatable bonds is 4. The fraction of sp³-hybridized carbons (Fsp3) is 0.125. The van der Waals surface area contributed by atoms with Crippen molar-refractivity contribution < 1.29 is 9.90 Å². The van der Waals surface area contributed by atoms with E-state index in [1.807, 2.05) is 19.1 Å². The van der Waals surface area contributed by atoms with Crippen LogP contribution in [0.5, 0.6) is 5.75 Å². The first-order valence-electron chi connectivity index (χ1n) is 6.61. The second-order valence-electron chi connectivity index (χ2n) is 4.58. The zero-order valence-corrected chi connectivity index (χ0v) is 13.3. The van der Waals surface area contributed by atoms with Crippen molar-refractivity contribution >= 4 is 35.3 Å². The van der Waals surface area contributed by atoms with E-state index in [2.05, 4.69) is 10.5 Å². The molecule has 0 aliphatic carbocycles. The van der Waals surface area contributed by atoms with E-state index in [1.165, 1.54) is 18.3 Å². The van der Waals surface area contributed by atoms with Crippen LogP contribution in [0.25, 0.3) is 0 Å². The molecule has 6 heteroatoms. The largest absolute Gasteiger partial charge is 0.506 e. The zero-order valence-electron chi connectivity index (χ0n) is 11.8. The molecule has 0 fully saturated rings. The van der Waals surface area contributed by atoms with Crippen LogP contribution in [-0.4, -0.2) is 17.2 Å². The van der Waals surface area contributed by atoms with E-state index in [0.717, 1.165) is 12.0 Å². The fourth-order valence-electron chi connectivity index (χ4n) is 1.80. The molecular formula is C16H14Cl2N2O2. The van der Waals surface area contributed by atoms with Crippen LogP contribution < -0.4 is 5.43 Å². The van der Waals surface area contributed by atoms with Gasteiger partial charge in [-0.25, -0.2) is 5.43 Å². The third-order valence-electron chi connectivity index (χ3n) is 3.05. The van der Waals surface area contributed by atoms with Crippen molar-refractivity contribution in [3.63, 3.8) is 0 Å². The summed E-state index contributed by atoms with van der Waals surface area (Å²) < 4.78 is 0. The van der Waals surface area contributed by atoms with Gasteiger partial charge >= 0.3 is 0 Å². The van der Waals surface area contributed by atoms with Crippen molar-refractivity contribution in [2.45, 2.75) is 13.3 Å². The first-order valence-corrected chi connectivity index (χ1v) is 7.37. The highest BCUT2D eigenvalue weighted by Gasteiger charge is 2.07. The molecule has 0 bridgehead atoms. The molecule has 0 spiro atoms. The van der Waals surface area contributed by atoms with Crippen molar-refractivity contribution in [1.82, 2.24) is 5.43 Å². The molecule has 114 valence electrons. The van der Waals surface area contributed by atoms with Gasteiger partial charge in [-0.3, -0.25) is 4.79 Å². The molecule has 4 nitrogen and oxygen atoms in total. The highest BCUT2D eigenvalue weighted by atomic mass is 35.5. The molecule has 0 saturated carbocycles. The number of carbonyl (C=O) groups excluding carboxylic acids is 1. The number of nitrogens with zero attached hydrogens (tertiary/aromatic N) is 1. The number of phenolic OH excluding ortho intramolecular Hbond substituents is 1. The molecule has 0 heterocycles. The molecule has 0 aliphatic heterocycles. The van der Waals surface area contributed by atoms with Crippen LogP contribution >= 0.6 is 23.2 Å². The molecule has 1 amide bonds. The van der Waals surface area contributed by atoms with Crippen LogP contribution in [0, 0.1) is 0 Å². The summed E-state index contributed by atoms with van der Waals surface area (Å²) in [6.45, 7) is 2.04. The Kier molecular flexibility index (Phi) is 5.41. The van der Waals surface area contributed by atoms with Gasteiger partial charge in [-0.15, -0.1) is 0 Å². The number of hydrazone groups is 1. The van der Waals surface area contributed by atoms with Gasteiger partial charge in [0.25, 0.3) is 5.91 Å². The Morgan fingerprint density at radius 3 is 2.59 bits per heavy atom. The lowest BCUT2D eigenvalue weighted by Gasteiger charge is -2.03. The number of hydrogen-bond acceptors (Lipinski definition) is 3. The highest BCUT2D eigenvalue weighted by molar-refractivity contribution is 6.36. The van der Waals surface area contributed by atoms with Crippen molar-refractivity contribution in [1.29, 1.82) is 0 Å². The number of hydrogen-bond donors (Lipinski definition) is 2. The molecule has 0 atom stereocenters. The SMILES string of the molecule is CCc1ccc(C(=O)NN=Cc2cc(Cl)cc(Cl)c2O)cc1. The molecule has 0 radical (unpaired) electrons. The molecule has 0 aromatic heterocycles. The number of amides is 1. The lowest BCUT2D eigenvalue weighted by atomic mass is 10.1. The Morgan fingerprint density at radius 2 is 1.95 bits per heavy atom. The van der Waals surface area contributed by atoms with Crippen molar-refractivity contribution in [2.24, 2.45) is 5.10 Å². The summed E-state index contributed by atoms with van der Waals surface area (Å²) in [4.78, 5) is 11.9. The summed E-state index contributed by atoms with van der Waals surface area (Å²) in [5.41, 5.74) is 4.36. The lowest BCUT2D eigenvalue weighted by Crippen LogP contribution is -2.17. The third kappa shape index (κ3) is 4.00.